The van der Waals surface area contributed by atoms with Gasteiger partial charge in [-0.15, -0.1) is 0 Å². The molecule has 2 amide bonds. The molecule has 1 unspecified atom stereocenters. The van der Waals surface area contributed by atoms with Gasteiger partial charge >= 0.3 is 6.03 Å². The lowest BCUT2D eigenvalue weighted by molar-refractivity contribution is -0.385. The van der Waals surface area contributed by atoms with Crippen LogP contribution in [-0.4, -0.2) is 40.2 Å². The van der Waals surface area contributed by atoms with Gasteiger partial charge in [-0.2, -0.15) is 0 Å². The van der Waals surface area contributed by atoms with Crippen LogP contribution in [-0.2, 0) is 0 Å². The van der Waals surface area contributed by atoms with E-state index in [0.29, 0.717) is 16.7 Å². The number of aliphatic hydroxyl groups is 1. The quantitative estimate of drug-likeness (QED) is 0.650. The second-order valence-electron chi connectivity index (χ2n) is 4.53. The highest BCUT2D eigenvalue weighted by Gasteiger charge is 2.28. The number of amides is 2. The Kier molecular flexibility index (Phi) is 4.56. The highest BCUT2D eigenvalue weighted by Crippen LogP contribution is 2.28. The summed E-state index contributed by atoms with van der Waals surface area (Å²) in [5.41, 5.74) is 0.247. The molecule has 1 aliphatic heterocycles. The molecule has 1 atom stereocenters. The molecular weight excluding hydrogens is 330 g/mol. The van der Waals surface area contributed by atoms with Crippen LogP contribution in [0.4, 0.5) is 16.2 Å². The van der Waals surface area contributed by atoms with Crippen molar-refractivity contribution in [2.75, 3.05) is 18.5 Å². The van der Waals surface area contributed by atoms with Crippen LogP contribution in [0.3, 0.4) is 0 Å². The van der Waals surface area contributed by atoms with E-state index in [1.165, 1.54) is 12.1 Å². The molecule has 1 aromatic rings. The number of carbonyl (C=O) groups is 1. The molecule has 1 heterocycles. The first-order valence-electron chi connectivity index (χ1n) is 6.15. The molecule has 2 rings (SSSR count). The minimum Gasteiger partial charge on any atom is -0.394 e. The summed E-state index contributed by atoms with van der Waals surface area (Å²) >= 11 is 3.09. The smallest absolute Gasteiger partial charge is 0.322 e. The number of nitrogens with one attached hydrogen (secondary N) is 1. The SMILES string of the molecule is O=C(Nc1ccc(Br)c([N+](=O)[O-])c1)N1CCCC1CO. The Hall–Kier alpha value is -1.67. The number of likely N-dealkylation sites (tertiary alicyclic amines) is 1. The molecule has 0 saturated carbocycles. The van der Waals surface area contributed by atoms with Crippen molar-refractivity contribution in [3.63, 3.8) is 0 Å². The van der Waals surface area contributed by atoms with Gasteiger partial charge in [0.1, 0.15) is 0 Å². The van der Waals surface area contributed by atoms with Crippen LogP contribution in [0.1, 0.15) is 12.8 Å². The van der Waals surface area contributed by atoms with Gasteiger partial charge in [0, 0.05) is 18.3 Å². The van der Waals surface area contributed by atoms with Crippen LogP contribution < -0.4 is 5.32 Å². The third kappa shape index (κ3) is 3.07. The van der Waals surface area contributed by atoms with Gasteiger partial charge in [0.25, 0.3) is 5.69 Å². The summed E-state index contributed by atoms with van der Waals surface area (Å²) in [5.74, 6) is 0. The predicted octanol–water partition coefficient (Wildman–Crippen LogP) is 2.35. The van der Waals surface area contributed by atoms with E-state index < -0.39 is 4.92 Å². The van der Waals surface area contributed by atoms with E-state index >= 15 is 0 Å². The lowest BCUT2D eigenvalue weighted by atomic mass is 10.2. The van der Waals surface area contributed by atoms with E-state index in [1.54, 1.807) is 11.0 Å². The van der Waals surface area contributed by atoms with Crippen molar-refractivity contribution in [1.82, 2.24) is 4.90 Å². The minimum absolute atomic E-state index is 0.0755. The summed E-state index contributed by atoms with van der Waals surface area (Å²) in [7, 11) is 0. The zero-order valence-electron chi connectivity index (χ0n) is 10.6. The number of halogens is 1. The van der Waals surface area contributed by atoms with Gasteiger partial charge in [-0.1, -0.05) is 0 Å². The molecule has 7 nitrogen and oxygen atoms in total. The number of benzene rings is 1. The maximum absolute atomic E-state index is 12.1. The fraction of sp³-hybridized carbons (Fsp3) is 0.417. The highest BCUT2D eigenvalue weighted by atomic mass is 79.9. The van der Waals surface area contributed by atoms with Crippen LogP contribution in [0, 0.1) is 10.1 Å². The molecule has 0 aliphatic carbocycles. The number of aliphatic hydroxyl groups excluding tert-OH is 1. The van der Waals surface area contributed by atoms with Gasteiger partial charge in [-0.25, -0.2) is 4.79 Å². The summed E-state index contributed by atoms with van der Waals surface area (Å²) in [6, 6.07) is 3.87. The summed E-state index contributed by atoms with van der Waals surface area (Å²) in [5, 5.41) is 22.6. The summed E-state index contributed by atoms with van der Waals surface area (Å²) in [6.45, 7) is 0.504. The topological polar surface area (TPSA) is 95.7 Å². The number of nitro groups is 1. The third-order valence-electron chi connectivity index (χ3n) is 3.24. The Bertz CT molecular complexity index is 537. The second-order valence-corrected chi connectivity index (χ2v) is 5.38. The van der Waals surface area contributed by atoms with Gasteiger partial charge in [-0.05, 0) is 40.9 Å². The standard InChI is InChI=1S/C12H14BrN3O4/c13-10-4-3-8(6-11(10)16(19)20)14-12(18)15-5-1-2-9(15)7-17/h3-4,6,9,17H,1-2,5,7H2,(H,14,18). The number of nitrogens with zero attached hydrogens (tertiary/aromatic N) is 2. The maximum Gasteiger partial charge on any atom is 0.322 e. The summed E-state index contributed by atoms with van der Waals surface area (Å²) < 4.78 is 0.356. The number of anilines is 1. The Morgan fingerprint density at radius 3 is 3.00 bits per heavy atom. The predicted molar refractivity (Wildman–Crippen MR) is 76.6 cm³/mol. The van der Waals surface area contributed by atoms with Crippen LogP contribution >= 0.6 is 15.9 Å². The zero-order chi connectivity index (χ0) is 14.7. The third-order valence-corrected chi connectivity index (χ3v) is 3.91. The highest BCUT2D eigenvalue weighted by molar-refractivity contribution is 9.10. The number of hydrogen-bond acceptors (Lipinski definition) is 4. The summed E-state index contributed by atoms with van der Waals surface area (Å²) in [4.78, 5) is 23.9. The first kappa shape index (κ1) is 14.7. The molecule has 1 fully saturated rings. The number of urea groups is 1. The van der Waals surface area contributed by atoms with Crippen LogP contribution in [0.2, 0.25) is 0 Å². The van der Waals surface area contributed by atoms with Gasteiger partial charge in [-0.3, -0.25) is 10.1 Å². The molecule has 0 radical (unpaired) electrons. The minimum atomic E-state index is -0.522. The number of rotatable bonds is 3. The van der Waals surface area contributed by atoms with Crippen molar-refractivity contribution in [3.8, 4) is 0 Å². The fourth-order valence-corrected chi connectivity index (χ4v) is 2.61. The molecule has 8 heteroatoms. The Morgan fingerprint density at radius 1 is 1.60 bits per heavy atom. The Balaban J connectivity index is 2.12. The molecule has 2 N–H and O–H groups in total. The van der Waals surface area contributed by atoms with E-state index in [4.69, 9.17) is 0 Å². The fourth-order valence-electron chi connectivity index (χ4n) is 2.22. The molecule has 108 valence electrons. The lowest BCUT2D eigenvalue weighted by Gasteiger charge is -2.23. The zero-order valence-corrected chi connectivity index (χ0v) is 12.2. The Labute approximate surface area is 123 Å². The summed E-state index contributed by atoms with van der Waals surface area (Å²) in [6.07, 6.45) is 1.61. The van der Waals surface area contributed by atoms with Crippen LogP contribution in [0.25, 0.3) is 0 Å². The molecule has 1 saturated heterocycles. The number of nitro benzene ring substituents is 1. The molecule has 0 aromatic heterocycles. The van der Waals surface area contributed by atoms with Crippen molar-refractivity contribution >= 4 is 33.3 Å². The van der Waals surface area contributed by atoms with Crippen molar-refractivity contribution in [1.29, 1.82) is 0 Å². The van der Waals surface area contributed by atoms with Crippen molar-refractivity contribution in [2.24, 2.45) is 0 Å². The van der Waals surface area contributed by atoms with Crippen molar-refractivity contribution in [3.05, 3.63) is 32.8 Å². The average molecular weight is 344 g/mol. The van der Waals surface area contributed by atoms with Gasteiger partial charge < -0.3 is 15.3 Å². The molecule has 20 heavy (non-hydrogen) atoms. The van der Waals surface area contributed by atoms with E-state index in [9.17, 15) is 20.0 Å². The van der Waals surface area contributed by atoms with E-state index in [1.807, 2.05) is 0 Å². The average Bonchev–Trinajstić information content (AvgIpc) is 2.89. The van der Waals surface area contributed by atoms with Gasteiger partial charge in [0.05, 0.1) is 22.0 Å². The van der Waals surface area contributed by atoms with Crippen molar-refractivity contribution in [2.45, 2.75) is 18.9 Å². The molecule has 0 spiro atoms. The largest absolute Gasteiger partial charge is 0.394 e. The normalized spacial score (nSPS) is 18.1. The van der Waals surface area contributed by atoms with Gasteiger partial charge in [0.2, 0.25) is 0 Å². The molecule has 0 bridgehead atoms. The maximum atomic E-state index is 12.1. The van der Waals surface area contributed by atoms with Crippen molar-refractivity contribution < 1.29 is 14.8 Å². The second kappa shape index (κ2) is 6.19. The first-order valence-corrected chi connectivity index (χ1v) is 6.94. The van der Waals surface area contributed by atoms with Gasteiger partial charge in [0.15, 0.2) is 0 Å². The number of hydrogen-bond donors (Lipinski definition) is 2. The van der Waals surface area contributed by atoms with Crippen LogP contribution in [0.15, 0.2) is 22.7 Å². The van der Waals surface area contributed by atoms with E-state index in [2.05, 4.69) is 21.2 Å². The molecular formula is C12H14BrN3O4. The van der Waals surface area contributed by atoms with Crippen LogP contribution in [0.5, 0.6) is 0 Å². The monoisotopic (exact) mass is 343 g/mol. The Morgan fingerprint density at radius 2 is 2.35 bits per heavy atom. The molecule has 1 aromatic carbocycles. The first-order chi connectivity index (χ1) is 9.52. The lowest BCUT2D eigenvalue weighted by Crippen LogP contribution is -2.40. The number of carbonyl (C=O) groups excluding carboxylic acids is 1. The van der Waals surface area contributed by atoms with E-state index in [-0.39, 0.29) is 24.4 Å². The molecule has 1 aliphatic rings. The van der Waals surface area contributed by atoms with E-state index in [0.717, 1.165) is 12.8 Å².